The molecule has 0 aliphatic carbocycles. The number of halogens is 4. The van der Waals surface area contributed by atoms with E-state index in [9.17, 15) is 22.8 Å². The Morgan fingerprint density at radius 2 is 1.64 bits per heavy atom. The molecule has 1 aliphatic rings. The number of alkyl halides is 4. The van der Waals surface area contributed by atoms with Gasteiger partial charge in [0.2, 0.25) is 0 Å². The number of hydroxylamine groups is 2. The fraction of sp³-hybridized carbons (Fsp3) is 0.846. The van der Waals surface area contributed by atoms with Gasteiger partial charge in [0, 0.05) is 12.8 Å². The van der Waals surface area contributed by atoms with E-state index in [0.29, 0.717) is 0 Å². The molecule has 0 bridgehead atoms. The summed E-state index contributed by atoms with van der Waals surface area (Å²) >= 11 is 5.38. The Morgan fingerprint density at radius 1 is 1.18 bits per heavy atom. The molecule has 0 spiro atoms. The number of carbonyl (C=O) groups excluding carboxylic acids is 2. The summed E-state index contributed by atoms with van der Waals surface area (Å²) in [7, 11) is 0. The molecule has 0 saturated carbocycles. The van der Waals surface area contributed by atoms with Gasteiger partial charge in [-0.25, -0.2) is 4.79 Å². The molecule has 1 saturated heterocycles. The van der Waals surface area contributed by atoms with E-state index in [4.69, 9.17) is 16.3 Å². The van der Waals surface area contributed by atoms with E-state index in [2.05, 4.69) is 4.84 Å². The summed E-state index contributed by atoms with van der Waals surface area (Å²) in [6, 6.07) is 0. The van der Waals surface area contributed by atoms with Gasteiger partial charge in [0.05, 0.1) is 11.1 Å². The number of nitrogens with zero attached hydrogens (tertiary/aromatic N) is 1. The van der Waals surface area contributed by atoms with Gasteiger partial charge in [-0.1, -0.05) is 0 Å². The molecule has 0 radical (unpaired) electrons. The van der Waals surface area contributed by atoms with Crippen molar-refractivity contribution in [3.8, 4) is 0 Å². The summed E-state index contributed by atoms with van der Waals surface area (Å²) in [6.07, 6.45) is -5.17. The van der Waals surface area contributed by atoms with E-state index in [1.807, 2.05) is 0 Å². The van der Waals surface area contributed by atoms with Gasteiger partial charge in [0.25, 0.3) is 0 Å². The summed E-state index contributed by atoms with van der Waals surface area (Å²) < 4.78 is 42.4. The lowest BCUT2D eigenvalue weighted by Gasteiger charge is -2.52. The number of carbonyl (C=O) groups is 2. The quantitative estimate of drug-likeness (QED) is 0.581. The van der Waals surface area contributed by atoms with E-state index in [1.165, 1.54) is 0 Å². The Hall–Kier alpha value is -1.02. The fourth-order valence-corrected chi connectivity index (χ4v) is 2.92. The molecule has 1 rings (SSSR count). The van der Waals surface area contributed by atoms with E-state index in [1.54, 1.807) is 27.7 Å². The molecule has 0 aromatic heterocycles. The van der Waals surface area contributed by atoms with Crippen LogP contribution in [0.1, 0.15) is 40.5 Å². The highest BCUT2D eigenvalue weighted by atomic mass is 35.5. The lowest BCUT2D eigenvalue weighted by atomic mass is 9.80. The van der Waals surface area contributed by atoms with E-state index in [0.717, 1.165) is 5.06 Å². The van der Waals surface area contributed by atoms with Crippen molar-refractivity contribution in [2.45, 2.75) is 63.9 Å². The Balaban J connectivity index is 2.92. The zero-order valence-electron chi connectivity index (χ0n) is 12.8. The maximum Gasteiger partial charge on any atom is 0.492 e. The van der Waals surface area contributed by atoms with Crippen molar-refractivity contribution in [2.24, 2.45) is 0 Å². The molecule has 0 aromatic carbocycles. The Bertz CT molecular complexity index is 433. The SMILES string of the molecule is CC1(C)CC(OC(=O)CCl)CC(C)(C)N1OC(=O)C(F)(F)F. The second-order valence-electron chi connectivity index (χ2n) is 6.45. The molecule has 0 atom stereocenters. The largest absolute Gasteiger partial charge is 0.492 e. The first kappa shape index (κ1) is 19.0. The highest BCUT2D eigenvalue weighted by molar-refractivity contribution is 6.26. The van der Waals surface area contributed by atoms with Crippen molar-refractivity contribution in [3.63, 3.8) is 0 Å². The molecule has 0 unspecified atom stereocenters. The maximum atomic E-state index is 12.4. The van der Waals surface area contributed by atoms with Crippen molar-refractivity contribution < 1.29 is 32.3 Å². The fourth-order valence-electron chi connectivity index (χ4n) is 2.85. The Labute approximate surface area is 131 Å². The molecule has 1 heterocycles. The van der Waals surface area contributed by atoms with Crippen LogP contribution in [0, 0.1) is 0 Å². The molecule has 128 valence electrons. The average Bonchev–Trinajstić information content (AvgIpc) is 2.30. The average molecular weight is 346 g/mol. The van der Waals surface area contributed by atoms with Gasteiger partial charge in [0.15, 0.2) is 0 Å². The van der Waals surface area contributed by atoms with Gasteiger partial charge >= 0.3 is 18.1 Å². The topological polar surface area (TPSA) is 55.8 Å². The third-order valence-corrected chi connectivity index (χ3v) is 3.59. The van der Waals surface area contributed by atoms with Crippen molar-refractivity contribution >= 4 is 23.5 Å². The zero-order valence-corrected chi connectivity index (χ0v) is 13.5. The first-order chi connectivity index (χ1) is 9.79. The zero-order chi connectivity index (χ0) is 17.3. The normalized spacial score (nSPS) is 22.2. The van der Waals surface area contributed by atoms with Crippen LogP contribution in [0.3, 0.4) is 0 Å². The standard InChI is InChI=1S/C13H19ClF3NO4/c1-11(2)5-8(21-9(19)7-14)6-12(3,4)18(11)22-10(20)13(15,16)17/h8H,5-7H2,1-4H3. The van der Waals surface area contributed by atoms with Crippen LogP contribution in [0.4, 0.5) is 13.2 Å². The molecule has 22 heavy (non-hydrogen) atoms. The lowest BCUT2D eigenvalue weighted by Crippen LogP contribution is -2.63. The molecule has 9 heteroatoms. The Morgan fingerprint density at radius 3 is 2.00 bits per heavy atom. The third kappa shape index (κ3) is 4.49. The summed E-state index contributed by atoms with van der Waals surface area (Å²) in [5.41, 5.74) is -1.89. The van der Waals surface area contributed by atoms with E-state index < -0.39 is 35.3 Å². The molecule has 1 fully saturated rings. The van der Waals surface area contributed by atoms with Gasteiger partial charge < -0.3 is 9.57 Å². The van der Waals surface area contributed by atoms with Crippen molar-refractivity contribution in [1.29, 1.82) is 0 Å². The maximum absolute atomic E-state index is 12.4. The monoisotopic (exact) mass is 345 g/mol. The first-order valence-electron chi connectivity index (χ1n) is 6.64. The first-order valence-corrected chi connectivity index (χ1v) is 7.18. The molecule has 0 amide bonds. The van der Waals surface area contributed by atoms with Gasteiger partial charge in [-0.05, 0) is 27.7 Å². The van der Waals surface area contributed by atoms with Crippen molar-refractivity contribution in [2.75, 3.05) is 5.88 Å². The summed E-state index contributed by atoms with van der Waals surface area (Å²) in [6.45, 7) is 6.44. The smallest absolute Gasteiger partial charge is 0.461 e. The minimum atomic E-state index is -5.08. The van der Waals surface area contributed by atoms with Gasteiger partial charge in [-0.15, -0.1) is 16.7 Å². The predicted octanol–water partition coefficient (Wildman–Crippen LogP) is 2.81. The molecule has 5 nitrogen and oxygen atoms in total. The van der Waals surface area contributed by atoms with E-state index in [-0.39, 0.29) is 18.7 Å². The second-order valence-corrected chi connectivity index (χ2v) is 6.72. The highest BCUT2D eigenvalue weighted by Gasteiger charge is 2.52. The number of hydrogen-bond donors (Lipinski definition) is 0. The molecule has 1 aliphatic heterocycles. The number of hydrogen-bond acceptors (Lipinski definition) is 5. The highest BCUT2D eigenvalue weighted by Crippen LogP contribution is 2.40. The molecular formula is C13H19ClF3NO4. The number of piperidine rings is 1. The second kappa shape index (κ2) is 6.23. The minimum Gasteiger partial charge on any atom is -0.461 e. The van der Waals surface area contributed by atoms with Crippen LogP contribution in [0.25, 0.3) is 0 Å². The number of esters is 1. The Kier molecular flexibility index (Phi) is 5.39. The number of rotatable bonds is 3. The van der Waals surface area contributed by atoms with Crippen LogP contribution < -0.4 is 0 Å². The van der Waals surface area contributed by atoms with Crippen molar-refractivity contribution in [3.05, 3.63) is 0 Å². The molecular weight excluding hydrogens is 327 g/mol. The third-order valence-electron chi connectivity index (χ3n) is 3.37. The number of ether oxygens (including phenoxy) is 1. The minimum absolute atomic E-state index is 0.212. The van der Waals surface area contributed by atoms with Crippen LogP contribution >= 0.6 is 11.6 Å². The molecule has 0 aromatic rings. The predicted molar refractivity (Wildman–Crippen MR) is 72.0 cm³/mol. The molecule has 0 N–H and O–H groups in total. The van der Waals surface area contributed by atoms with Crippen LogP contribution in [0.5, 0.6) is 0 Å². The van der Waals surface area contributed by atoms with Crippen LogP contribution in [-0.4, -0.2) is 46.2 Å². The van der Waals surface area contributed by atoms with Crippen LogP contribution in [0.15, 0.2) is 0 Å². The van der Waals surface area contributed by atoms with Crippen LogP contribution in [-0.2, 0) is 19.2 Å². The lowest BCUT2D eigenvalue weighted by molar-refractivity contribution is -0.298. The van der Waals surface area contributed by atoms with E-state index >= 15 is 0 Å². The van der Waals surface area contributed by atoms with Crippen molar-refractivity contribution in [1.82, 2.24) is 5.06 Å². The van der Waals surface area contributed by atoms with Gasteiger partial charge in [-0.2, -0.15) is 13.2 Å². The van der Waals surface area contributed by atoms with Gasteiger partial charge in [0.1, 0.15) is 12.0 Å². The summed E-state index contributed by atoms with van der Waals surface area (Å²) in [5, 5.41) is 1.03. The van der Waals surface area contributed by atoms with Crippen LogP contribution in [0.2, 0.25) is 0 Å². The summed E-state index contributed by atoms with van der Waals surface area (Å²) in [5.74, 6) is -3.17. The van der Waals surface area contributed by atoms with Gasteiger partial charge in [-0.3, -0.25) is 4.79 Å². The summed E-state index contributed by atoms with van der Waals surface area (Å²) in [4.78, 5) is 27.0.